The molecular weight excluding hydrogens is 282 g/mol. The molecule has 6 nitrogen and oxygen atoms in total. The van der Waals surface area contributed by atoms with Crippen LogP contribution in [-0.4, -0.2) is 44.5 Å². The summed E-state index contributed by atoms with van der Waals surface area (Å²) in [5.74, 6) is -0.828. The highest BCUT2D eigenvalue weighted by Crippen LogP contribution is 2.27. The van der Waals surface area contributed by atoms with Gasteiger partial charge in [-0.05, 0) is 12.1 Å². The van der Waals surface area contributed by atoms with Crippen molar-refractivity contribution in [2.24, 2.45) is 0 Å². The lowest BCUT2D eigenvalue weighted by Crippen LogP contribution is -2.32. The first-order valence-corrected chi connectivity index (χ1v) is 6.62. The molecule has 0 saturated carbocycles. The SMILES string of the molecule is COc1ccc(S(=O)(=O)N(C)CC(=O)O)c(Cl)c1. The van der Waals surface area contributed by atoms with Crippen LogP contribution >= 0.6 is 11.6 Å². The Morgan fingerprint density at radius 3 is 2.56 bits per heavy atom. The number of carbonyl (C=O) groups is 1. The minimum Gasteiger partial charge on any atom is -0.497 e. The zero-order chi connectivity index (χ0) is 13.9. The van der Waals surface area contributed by atoms with Gasteiger partial charge in [0.25, 0.3) is 0 Å². The summed E-state index contributed by atoms with van der Waals surface area (Å²) in [5.41, 5.74) is 0. The Labute approximate surface area is 110 Å². The summed E-state index contributed by atoms with van der Waals surface area (Å²) in [6, 6.07) is 4.06. The van der Waals surface area contributed by atoms with E-state index in [2.05, 4.69) is 0 Å². The summed E-state index contributed by atoms with van der Waals surface area (Å²) < 4.78 is 29.7. The number of halogens is 1. The average Bonchev–Trinajstić information content (AvgIpc) is 2.27. The van der Waals surface area contributed by atoms with E-state index in [1.807, 2.05) is 0 Å². The second-order valence-electron chi connectivity index (χ2n) is 3.45. The predicted octanol–water partition coefficient (Wildman–Crippen LogP) is 1.05. The van der Waals surface area contributed by atoms with Gasteiger partial charge in [-0.1, -0.05) is 11.6 Å². The van der Waals surface area contributed by atoms with E-state index < -0.39 is 22.5 Å². The van der Waals surface area contributed by atoms with Crippen LogP contribution < -0.4 is 4.74 Å². The molecule has 0 fully saturated rings. The van der Waals surface area contributed by atoms with Gasteiger partial charge in [0.05, 0.1) is 12.1 Å². The molecule has 0 atom stereocenters. The molecule has 1 rings (SSSR count). The molecule has 0 saturated heterocycles. The molecule has 0 aliphatic carbocycles. The number of sulfonamides is 1. The minimum atomic E-state index is -3.92. The van der Waals surface area contributed by atoms with Gasteiger partial charge in [0.1, 0.15) is 17.2 Å². The number of carboxylic acid groups (broad SMARTS) is 1. The highest BCUT2D eigenvalue weighted by molar-refractivity contribution is 7.89. The maximum Gasteiger partial charge on any atom is 0.318 e. The van der Waals surface area contributed by atoms with E-state index in [0.717, 1.165) is 0 Å². The number of nitrogens with zero attached hydrogens (tertiary/aromatic N) is 1. The van der Waals surface area contributed by atoms with Gasteiger partial charge in [-0.15, -0.1) is 0 Å². The average molecular weight is 294 g/mol. The normalized spacial score (nSPS) is 11.6. The van der Waals surface area contributed by atoms with E-state index in [9.17, 15) is 13.2 Å². The largest absolute Gasteiger partial charge is 0.497 e. The molecule has 0 radical (unpaired) electrons. The van der Waals surface area contributed by atoms with E-state index in [1.165, 1.54) is 32.4 Å². The van der Waals surface area contributed by atoms with Crippen molar-refractivity contribution in [3.05, 3.63) is 23.2 Å². The van der Waals surface area contributed by atoms with Gasteiger partial charge in [0.2, 0.25) is 10.0 Å². The number of ether oxygens (including phenoxy) is 1. The fourth-order valence-corrected chi connectivity index (χ4v) is 2.89. The molecule has 1 aromatic carbocycles. The summed E-state index contributed by atoms with van der Waals surface area (Å²) in [6.45, 7) is -0.634. The van der Waals surface area contributed by atoms with Crippen molar-refractivity contribution in [3.63, 3.8) is 0 Å². The van der Waals surface area contributed by atoms with Crippen LogP contribution in [0.1, 0.15) is 0 Å². The van der Waals surface area contributed by atoms with Crippen LogP contribution in [0.3, 0.4) is 0 Å². The Balaban J connectivity index is 3.16. The quantitative estimate of drug-likeness (QED) is 0.877. The van der Waals surface area contributed by atoms with Crippen LogP contribution in [0.4, 0.5) is 0 Å². The van der Waals surface area contributed by atoms with Gasteiger partial charge in [-0.25, -0.2) is 8.42 Å². The molecule has 0 spiro atoms. The third kappa shape index (κ3) is 3.12. The number of likely N-dealkylation sites (N-methyl/N-ethyl adjacent to an activating group) is 1. The van der Waals surface area contributed by atoms with E-state index >= 15 is 0 Å². The van der Waals surface area contributed by atoms with Crippen LogP contribution in [0, 0.1) is 0 Å². The summed E-state index contributed by atoms with van der Waals surface area (Å²) in [6.07, 6.45) is 0. The summed E-state index contributed by atoms with van der Waals surface area (Å²) in [4.78, 5) is 10.4. The molecule has 1 N–H and O–H groups in total. The Morgan fingerprint density at radius 2 is 2.11 bits per heavy atom. The van der Waals surface area contributed by atoms with Crippen molar-refractivity contribution in [2.45, 2.75) is 4.90 Å². The number of hydrogen-bond acceptors (Lipinski definition) is 4. The minimum absolute atomic E-state index is 0.0217. The van der Waals surface area contributed by atoms with E-state index in [1.54, 1.807) is 0 Å². The Hall–Kier alpha value is -1.31. The lowest BCUT2D eigenvalue weighted by molar-refractivity contribution is -0.137. The summed E-state index contributed by atoms with van der Waals surface area (Å²) in [5, 5.41) is 8.56. The smallest absolute Gasteiger partial charge is 0.318 e. The van der Waals surface area contributed by atoms with Gasteiger partial charge < -0.3 is 9.84 Å². The van der Waals surface area contributed by atoms with Crippen molar-refractivity contribution in [1.82, 2.24) is 4.31 Å². The summed E-state index contributed by atoms with van der Waals surface area (Å²) >= 11 is 5.84. The fraction of sp³-hybridized carbons (Fsp3) is 0.300. The first kappa shape index (κ1) is 14.7. The van der Waals surface area contributed by atoms with Crippen LogP contribution in [0.25, 0.3) is 0 Å². The second kappa shape index (κ2) is 5.55. The second-order valence-corrected chi connectivity index (χ2v) is 5.87. The highest BCUT2D eigenvalue weighted by atomic mass is 35.5. The van der Waals surface area contributed by atoms with Gasteiger partial charge in [0, 0.05) is 13.1 Å². The zero-order valence-corrected chi connectivity index (χ0v) is 11.3. The molecule has 0 bridgehead atoms. The molecule has 18 heavy (non-hydrogen) atoms. The Morgan fingerprint density at radius 1 is 1.50 bits per heavy atom. The predicted molar refractivity (Wildman–Crippen MR) is 65.5 cm³/mol. The molecule has 0 aromatic heterocycles. The maximum absolute atomic E-state index is 12.0. The third-order valence-corrected chi connectivity index (χ3v) is 4.47. The molecule has 0 unspecified atom stereocenters. The van der Waals surface area contributed by atoms with Gasteiger partial charge >= 0.3 is 5.97 Å². The van der Waals surface area contributed by atoms with Crippen LogP contribution in [0.15, 0.2) is 23.1 Å². The van der Waals surface area contributed by atoms with Crippen LogP contribution in [0.5, 0.6) is 5.75 Å². The molecule has 1 aromatic rings. The topological polar surface area (TPSA) is 83.9 Å². The van der Waals surface area contributed by atoms with Crippen molar-refractivity contribution < 1.29 is 23.1 Å². The Kier molecular flexibility index (Phi) is 4.55. The molecule has 8 heteroatoms. The number of benzene rings is 1. The molecule has 0 heterocycles. The first-order chi connectivity index (χ1) is 8.28. The van der Waals surface area contributed by atoms with E-state index in [0.29, 0.717) is 10.1 Å². The first-order valence-electron chi connectivity index (χ1n) is 4.80. The molecule has 0 amide bonds. The number of carboxylic acids is 1. The lowest BCUT2D eigenvalue weighted by atomic mass is 10.3. The van der Waals surface area contributed by atoms with Crippen molar-refractivity contribution >= 4 is 27.6 Å². The summed E-state index contributed by atoms with van der Waals surface area (Å²) in [7, 11) is -1.33. The zero-order valence-electron chi connectivity index (χ0n) is 9.75. The number of methoxy groups -OCH3 is 1. The van der Waals surface area contributed by atoms with E-state index in [-0.39, 0.29) is 9.92 Å². The van der Waals surface area contributed by atoms with Crippen molar-refractivity contribution in [3.8, 4) is 5.75 Å². The molecule has 0 aliphatic heterocycles. The number of aliphatic carboxylic acids is 1. The molecule has 100 valence electrons. The highest BCUT2D eigenvalue weighted by Gasteiger charge is 2.25. The number of hydrogen-bond donors (Lipinski definition) is 1. The van der Waals surface area contributed by atoms with Crippen molar-refractivity contribution in [2.75, 3.05) is 20.7 Å². The monoisotopic (exact) mass is 293 g/mol. The number of rotatable bonds is 5. The maximum atomic E-state index is 12.0. The Bertz CT molecular complexity index is 557. The van der Waals surface area contributed by atoms with Crippen LogP contribution in [0.2, 0.25) is 5.02 Å². The molecular formula is C10H12ClNO5S. The third-order valence-electron chi connectivity index (χ3n) is 2.19. The standard InChI is InChI=1S/C10H12ClNO5S/c1-12(6-10(13)14)18(15,16)9-4-3-7(17-2)5-8(9)11/h3-5H,6H2,1-2H3,(H,13,14). The lowest BCUT2D eigenvalue weighted by Gasteiger charge is -2.16. The van der Waals surface area contributed by atoms with E-state index in [4.69, 9.17) is 21.4 Å². The van der Waals surface area contributed by atoms with Gasteiger partial charge in [-0.3, -0.25) is 4.79 Å². The van der Waals surface area contributed by atoms with Gasteiger partial charge in [0.15, 0.2) is 0 Å². The molecule has 0 aliphatic rings. The van der Waals surface area contributed by atoms with Gasteiger partial charge in [-0.2, -0.15) is 4.31 Å². The van der Waals surface area contributed by atoms with Crippen molar-refractivity contribution in [1.29, 1.82) is 0 Å². The fourth-order valence-electron chi connectivity index (χ4n) is 1.26. The van der Waals surface area contributed by atoms with Crippen LogP contribution in [-0.2, 0) is 14.8 Å².